The first kappa shape index (κ1) is 27.9. The molecule has 2 nitrogen and oxygen atoms in total. The lowest BCUT2D eigenvalue weighted by molar-refractivity contribution is 1.18. The molecule has 0 unspecified atom stereocenters. The highest BCUT2D eigenvalue weighted by Crippen LogP contribution is 2.49. The van der Waals surface area contributed by atoms with Gasteiger partial charge >= 0.3 is 0 Å². The third-order valence-electron chi connectivity index (χ3n) is 11.4. The van der Waals surface area contributed by atoms with E-state index >= 15 is 0 Å². The summed E-state index contributed by atoms with van der Waals surface area (Å²) in [7, 11) is 0. The van der Waals surface area contributed by atoms with E-state index in [4.69, 9.17) is 0 Å². The molecule has 240 valence electrons. The van der Waals surface area contributed by atoms with Crippen molar-refractivity contribution in [2.24, 2.45) is 0 Å². The predicted molar refractivity (Wildman–Crippen MR) is 220 cm³/mol. The molecule has 0 saturated heterocycles. The van der Waals surface area contributed by atoms with Gasteiger partial charge in [-0.2, -0.15) is 0 Å². The Kier molecular flexibility index (Phi) is 5.53. The molecule has 0 amide bonds. The minimum atomic E-state index is 1.15. The van der Waals surface area contributed by atoms with Crippen LogP contribution in [0, 0.1) is 0 Å². The highest BCUT2D eigenvalue weighted by atomic mass is 15.0. The standard InChI is InChI=1S/C50H30N2/c1-2-11-31(12-3-1)32-21-24-35(25-22-32)52-45-27-23-33-13-4-5-15-37(33)48(45)42-26-28-46-49(50(42)52)41-18-8-9-20-44(41)51(46)36-29-34-14-10-19-40-38-16-6-7-17-39(38)43(30-36)47(34)40/h1-30H. The van der Waals surface area contributed by atoms with Crippen molar-refractivity contribution in [2.45, 2.75) is 0 Å². The highest BCUT2D eigenvalue weighted by Gasteiger charge is 2.25. The Balaban J connectivity index is 1.21. The summed E-state index contributed by atoms with van der Waals surface area (Å²) >= 11 is 0. The minimum absolute atomic E-state index is 1.15. The van der Waals surface area contributed by atoms with Gasteiger partial charge in [-0.25, -0.2) is 0 Å². The van der Waals surface area contributed by atoms with Crippen molar-refractivity contribution < 1.29 is 0 Å². The molecule has 0 spiro atoms. The number of hydrogen-bond acceptors (Lipinski definition) is 0. The maximum absolute atomic E-state index is 2.51. The zero-order valence-corrected chi connectivity index (χ0v) is 28.2. The summed E-state index contributed by atoms with van der Waals surface area (Å²) in [5.74, 6) is 0. The van der Waals surface area contributed by atoms with Gasteiger partial charge in [-0.1, -0.05) is 140 Å². The van der Waals surface area contributed by atoms with Gasteiger partial charge in [0.25, 0.3) is 0 Å². The number of para-hydroxylation sites is 1. The van der Waals surface area contributed by atoms with Crippen LogP contribution in [0.15, 0.2) is 182 Å². The Morgan fingerprint density at radius 1 is 0.288 bits per heavy atom. The molecule has 52 heavy (non-hydrogen) atoms. The van der Waals surface area contributed by atoms with E-state index in [1.807, 2.05) is 0 Å². The molecule has 9 aromatic carbocycles. The van der Waals surface area contributed by atoms with Crippen LogP contribution in [0.4, 0.5) is 0 Å². The third kappa shape index (κ3) is 3.68. The topological polar surface area (TPSA) is 9.86 Å². The van der Waals surface area contributed by atoms with Gasteiger partial charge in [-0.05, 0) is 97.4 Å². The van der Waals surface area contributed by atoms with Gasteiger partial charge in [0.2, 0.25) is 0 Å². The van der Waals surface area contributed by atoms with Crippen LogP contribution < -0.4 is 0 Å². The van der Waals surface area contributed by atoms with Crippen LogP contribution in [0.3, 0.4) is 0 Å². The first-order chi connectivity index (χ1) is 25.8. The Hall–Kier alpha value is -6.90. The summed E-state index contributed by atoms with van der Waals surface area (Å²) in [4.78, 5) is 0. The second kappa shape index (κ2) is 10.3. The molecule has 1 aliphatic rings. The monoisotopic (exact) mass is 658 g/mol. The molecule has 0 radical (unpaired) electrons. The maximum Gasteiger partial charge on any atom is 0.0641 e. The van der Waals surface area contributed by atoms with E-state index in [2.05, 4.69) is 191 Å². The predicted octanol–water partition coefficient (Wildman–Crippen LogP) is 13.5. The quantitative estimate of drug-likeness (QED) is 0.179. The first-order valence-corrected chi connectivity index (χ1v) is 18.0. The maximum atomic E-state index is 2.51. The fourth-order valence-corrected chi connectivity index (χ4v) is 9.24. The second-order valence-corrected chi connectivity index (χ2v) is 14.1. The van der Waals surface area contributed by atoms with Gasteiger partial charge < -0.3 is 9.13 Å². The lowest BCUT2D eigenvalue weighted by Crippen LogP contribution is -1.96. The molecule has 0 atom stereocenters. The summed E-state index contributed by atoms with van der Waals surface area (Å²) in [6.07, 6.45) is 0. The van der Waals surface area contributed by atoms with Gasteiger partial charge in [-0.15, -0.1) is 0 Å². The van der Waals surface area contributed by atoms with Crippen LogP contribution in [0.25, 0.3) is 110 Å². The number of hydrogen-bond donors (Lipinski definition) is 0. The van der Waals surface area contributed by atoms with E-state index in [-0.39, 0.29) is 0 Å². The lowest BCUT2D eigenvalue weighted by Gasteiger charge is -2.12. The molecule has 2 aromatic heterocycles. The summed E-state index contributed by atoms with van der Waals surface area (Å²) in [6, 6.07) is 67.2. The van der Waals surface area contributed by atoms with E-state index in [1.165, 1.54) is 104 Å². The molecule has 0 aliphatic heterocycles. The van der Waals surface area contributed by atoms with Crippen molar-refractivity contribution in [3.63, 3.8) is 0 Å². The van der Waals surface area contributed by atoms with Crippen LogP contribution >= 0.6 is 0 Å². The Bertz CT molecular complexity index is 3270. The van der Waals surface area contributed by atoms with Crippen molar-refractivity contribution in [3.05, 3.63) is 182 Å². The highest BCUT2D eigenvalue weighted by molar-refractivity contribution is 6.30. The van der Waals surface area contributed by atoms with Gasteiger partial charge in [0.1, 0.15) is 0 Å². The van der Waals surface area contributed by atoms with E-state index < -0.39 is 0 Å². The average molecular weight is 659 g/mol. The summed E-state index contributed by atoms with van der Waals surface area (Å²) in [5, 5.41) is 10.2. The normalized spacial score (nSPS) is 12.2. The van der Waals surface area contributed by atoms with E-state index in [9.17, 15) is 0 Å². The minimum Gasteiger partial charge on any atom is -0.309 e. The number of benzene rings is 9. The van der Waals surface area contributed by atoms with Crippen molar-refractivity contribution in [3.8, 4) is 44.8 Å². The lowest BCUT2D eigenvalue weighted by atomic mass is 10.0. The van der Waals surface area contributed by atoms with Crippen LogP contribution in [0.1, 0.15) is 0 Å². The zero-order valence-electron chi connectivity index (χ0n) is 28.2. The Labute approximate surface area is 300 Å². The molecule has 0 N–H and O–H groups in total. The fourth-order valence-electron chi connectivity index (χ4n) is 9.24. The Morgan fingerprint density at radius 3 is 1.81 bits per heavy atom. The van der Waals surface area contributed by atoms with E-state index in [1.54, 1.807) is 0 Å². The SMILES string of the molecule is c1ccc(-c2ccc(-n3c4ccc5ccccc5c4c4ccc5c(c6ccccc6n5-c5cc6c7c(cccc7c5)-c5ccccc5-6)c43)cc2)cc1. The van der Waals surface area contributed by atoms with Crippen molar-refractivity contribution in [1.82, 2.24) is 9.13 Å². The zero-order chi connectivity index (χ0) is 33.9. The largest absolute Gasteiger partial charge is 0.309 e. The molecular formula is C50H30N2. The van der Waals surface area contributed by atoms with Crippen LogP contribution in [0.5, 0.6) is 0 Å². The number of fused-ring (bicyclic) bond motifs is 12. The molecular weight excluding hydrogens is 629 g/mol. The van der Waals surface area contributed by atoms with Gasteiger partial charge in [0.15, 0.2) is 0 Å². The molecule has 0 bridgehead atoms. The summed E-state index contributed by atoms with van der Waals surface area (Å²) in [6.45, 7) is 0. The van der Waals surface area contributed by atoms with Gasteiger partial charge in [0, 0.05) is 32.9 Å². The van der Waals surface area contributed by atoms with Crippen molar-refractivity contribution in [2.75, 3.05) is 0 Å². The summed E-state index contributed by atoms with van der Waals surface area (Å²) in [5.41, 5.74) is 14.9. The Morgan fingerprint density at radius 2 is 0.942 bits per heavy atom. The molecule has 0 fully saturated rings. The summed E-state index contributed by atoms with van der Waals surface area (Å²) < 4.78 is 5.00. The third-order valence-corrected chi connectivity index (χ3v) is 11.4. The number of nitrogens with zero attached hydrogens (tertiary/aromatic N) is 2. The molecule has 0 saturated carbocycles. The molecule has 1 aliphatic carbocycles. The smallest absolute Gasteiger partial charge is 0.0641 e. The number of aromatic nitrogens is 2. The fraction of sp³-hybridized carbons (Fsp3) is 0. The average Bonchev–Trinajstić information content (AvgIpc) is 3.85. The van der Waals surface area contributed by atoms with Crippen molar-refractivity contribution >= 4 is 65.2 Å². The van der Waals surface area contributed by atoms with Gasteiger partial charge in [-0.3, -0.25) is 0 Å². The van der Waals surface area contributed by atoms with Crippen LogP contribution in [-0.2, 0) is 0 Å². The first-order valence-electron chi connectivity index (χ1n) is 18.0. The number of rotatable bonds is 3. The molecule has 2 heterocycles. The van der Waals surface area contributed by atoms with E-state index in [0.717, 1.165) is 5.69 Å². The molecule has 2 heteroatoms. The molecule has 11 aromatic rings. The van der Waals surface area contributed by atoms with Crippen LogP contribution in [0.2, 0.25) is 0 Å². The van der Waals surface area contributed by atoms with Crippen molar-refractivity contribution in [1.29, 1.82) is 0 Å². The van der Waals surface area contributed by atoms with Crippen LogP contribution in [-0.4, -0.2) is 9.13 Å². The van der Waals surface area contributed by atoms with E-state index in [0.29, 0.717) is 0 Å². The second-order valence-electron chi connectivity index (χ2n) is 14.1. The molecule has 12 rings (SSSR count). The van der Waals surface area contributed by atoms with Gasteiger partial charge in [0.05, 0.1) is 22.1 Å².